The Balaban J connectivity index is 1.67. The van der Waals surface area contributed by atoms with Gasteiger partial charge >= 0.3 is 0 Å². The van der Waals surface area contributed by atoms with Gasteiger partial charge in [-0.05, 0) is 53.6 Å². The second-order valence-electron chi connectivity index (χ2n) is 8.22. The molecule has 0 radical (unpaired) electrons. The van der Waals surface area contributed by atoms with Gasteiger partial charge in [-0.1, -0.05) is 26.8 Å². The monoisotopic (exact) mass is 336 g/mol. The van der Waals surface area contributed by atoms with E-state index in [0.717, 1.165) is 18.1 Å². The minimum absolute atomic E-state index is 0.213. The zero-order valence-electron chi connectivity index (χ0n) is 14.8. The number of aliphatic hydroxyl groups is 1. The predicted octanol–water partition coefficient (Wildman–Crippen LogP) is 3.76. The molecule has 0 saturated heterocycles. The van der Waals surface area contributed by atoms with Crippen molar-refractivity contribution in [2.45, 2.75) is 44.8 Å². The highest BCUT2D eigenvalue weighted by Crippen LogP contribution is 2.55. The zero-order chi connectivity index (χ0) is 16.8. The molecule has 3 atom stereocenters. The lowest BCUT2D eigenvalue weighted by Crippen LogP contribution is -2.41. The first-order valence-corrected chi connectivity index (χ1v) is 11.3. The topological polar surface area (TPSA) is 47.9 Å². The summed E-state index contributed by atoms with van der Waals surface area (Å²) < 4.78 is 17.2. The van der Waals surface area contributed by atoms with Gasteiger partial charge in [0.15, 0.2) is 19.8 Å². The first kappa shape index (κ1) is 16.8. The van der Waals surface area contributed by atoms with Crippen LogP contribution in [0.2, 0.25) is 18.1 Å². The van der Waals surface area contributed by atoms with Gasteiger partial charge in [0, 0.05) is 13.2 Å². The van der Waals surface area contributed by atoms with Crippen molar-refractivity contribution < 1.29 is 19.0 Å². The lowest BCUT2D eigenvalue weighted by molar-refractivity contribution is 0.174. The fraction of sp³-hybridized carbons (Fsp3) is 0.667. The van der Waals surface area contributed by atoms with E-state index in [1.807, 2.05) is 6.07 Å². The van der Waals surface area contributed by atoms with E-state index in [1.54, 1.807) is 0 Å². The van der Waals surface area contributed by atoms with Gasteiger partial charge in [0.1, 0.15) is 0 Å². The molecule has 0 bridgehead atoms. The first-order valence-electron chi connectivity index (χ1n) is 8.39. The van der Waals surface area contributed by atoms with Crippen molar-refractivity contribution in [2.75, 3.05) is 20.0 Å². The highest BCUT2D eigenvalue weighted by Gasteiger charge is 2.52. The summed E-state index contributed by atoms with van der Waals surface area (Å²) >= 11 is 0. The Bertz CT molecular complexity index is 579. The third-order valence-electron chi connectivity index (χ3n) is 5.77. The molecule has 128 valence electrons. The molecule has 1 aliphatic heterocycles. The van der Waals surface area contributed by atoms with Crippen LogP contribution in [0.4, 0.5) is 0 Å². The van der Waals surface area contributed by atoms with E-state index in [0.29, 0.717) is 24.5 Å². The summed E-state index contributed by atoms with van der Waals surface area (Å²) in [6, 6.07) is 6.12. The standard InChI is InChI=1S/C18H28O4Si/c1-18(2,3)23(4,5)22-10-14-13(9-19)17(14)12-6-7-15-16(8-12)21-11-20-15/h6-8,13-14,17,19H,9-11H2,1-5H3/t13-,14+,17+/m1/s1. The van der Waals surface area contributed by atoms with Crippen LogP contribution in [0.3, 0.4) is 0 Å². The molecule has 1 aliphatic carbocycles. The summed E-state index contributed by atoms with van der Waals surface area (Å²) in [4.78, 5) is 0. The third kappa shape index (κ3) is 3.14. The van der Waals surface area contributed by atoms with Gasteiger partial charge in [-0.3, -0.25) is 0 Å². The Labute approximate surface area is 139 Å². The smallest absolute Gasteiger partial charge is 0.231 e. The van der Waals surface area contributed by atoms with Gasteiger partial charge in [0.25, 0.3) is 0 Å². The van der Waals surface area contributed by atoms with Crippen LogP contribution in [0.15, 0.2) is 18.2 Å². The maximum atomic E-state index is 9.69. The van der Waals surface area contributed by atoms with Crippen molar-refractivity contribution in [1.29, 1.82) is 0 Å². The van der Waals surface area contributed by atoms with Gasteiger partial charge in [-0.2, -0.15) is 0 Å². The fourth-order valence-electron chi connectivity index (χ4n) is 3.06. The van der Waals surface area contributed by atoms with Crippen molar-refractivity contribution in [3.8, 4) is 11.5 Å². The summed E-state index contributed by atoms with van der Waals surface area (Å²) in [6.07, 6.45) is 0. The van der Waals surface area contributed by atoms with Crippen molar-refractivity contribution >= 4 is 8.32 Å². The van der Waals surface area contributed by atoms with Crippen LogP contribution in [0.1, 0.15) is 32.3 Å². The maximum absolute atomic E-state index is 9.69. The highest BCUT2D eigenvalue weighted by molar-refractivity contribution is 6.74. The summed E-state index contributed by atoms with van der Waals surface area (Å²) in [7, 11) is -1.74. The van der Waals surface area contributed by atoms with Gasteiger partial charge in [-0.15, -0.1) is 0 Å². The number of ether oxygens (including phenoxy) is 2. The second-order valence-corrected chi connectivity index (χ2v) is 13.0. The van der Waals surface area contributed by atoms with Crippen LogP contribution in [-0.4, -0.2) is 33.4 Å². The van der Waals surface area contributed by atoms with E-state index in [2.05, 4.69) is 46.0 Å². The Morgan fingerprint density at radius 2 is 1.87 bits per heavy atom. The van der Waals surface area contributed by atoms with Gasteiger partial charge < -0.3 is 19.0 Å². The predicted molar refractivity (Wildman–Crippen MR) is 92.5 cm³/mol. The number of benzene rings is 1. The van der Waals surface area contributed by atoms with Crippen molar-refractivity contribution in [3.63, 3.8) is 0 Å². The van der Waals surface area contributed by atoms with Crippen LogP contribution in [-0.2, 0) is 4.43 Å². The Morgan fingerprint density at radius 1 is 1.17 bits per heavy atom. The normalized spacial score (nSPS) is 26.4. The molecule has 0 amide bonds. The summed E-state index contributed by atoms with van der Waals surface area (Å²) in [6.45, 7) is 12.6. The molecule has 1 aromatic rings. The Morgan fingerprint density at radius 3 is 2.52 bits per heavy atom. The second kappa shape index (κ2) is 5.79. The highest BCUT2D eigenvalue weighted by atomic mass is 28.4. The molecular formula is C18H28O4Si. The third-order valence-corrected chi connectivity index (χ3v) is 10.3. The minimum Gasteiger partial charge on any atom is -0.454 e. The largest absolute Gasteiger partial charge is 0.454 e. The SMILES string of the molecule is CC(C)(C)[Si](C)(C)OC[C@H]1[C@@H](CO)[C@@H]1c1ccc2c(c1)OCO2. The van der Waals surface area contributed by atoms with E-state index in [1.165, 1.54) is 5.56 Å². The molecule has 3 rings (SSSR count). The maximum Gasteiger partial charge on any atom is 0.231 e. The van der Waals surface area contributed by atoms with Crippen LogP contribution < -0.4 is 9.47 Å². The number of rotatable bonds is 5. The van der Waals surface area contributed by atoms with Gasteiger partial charge in [0.05, 0.1) is 0 Å². The van der Waals surface area contributed by atoms with Crippen LogP contribution in [0.25, 0.3) is 0 Å². The summed E-state index contributed by atoms with van der Waals surface area (Å²) in [5.74, 6) is 2.67. The zero-order valence-corrected chi connectivity index (χ0v) is 15.8. The molecule has 4 nitrogen and oxygen atoms in total. The molecule has 0 spiro atoms. The average Bonchev–Trinajstić information content (AvgIpc) is 2.98. The fourth-order valence-corrected chi connectivity index (χ4v) is 4.10. The molecule has 2 aliphatic rings. The molecule has 1 fully saturated rings. The summed E-state index contributed by atoms with van der Waals surface area (Å²) in [5, 5.41) is 9.90. The molecule has 1 heterocycles. The Hall–Kier alpha value is -1.04. The van der Waals surface area contributed by atoms with Gasteiger partial charge in [0.2, 0.25) is 6.79 Å². The van der Waals surface area contributed by atoms with Gasteiger partial charge in [-0.25, -0.2) is 0 Å². The van der Waals surface area contributed by atoms with Crippen LogP contribution >= 0.6 is 0 Å². The summed E-state index contributed by atoms with van der Waals surface area (Å²) in [5.41, 5.74) is 1.22. The lowest BCUT2D eigenvalue weighted by atomic mass is 10.1. The molecule has 23 heavy (non-hydrogen) atoms. The molecule has 0 aromatic heterocycles. The van der Waals surface area contributed by atoms with Crippen LogP contribution in [0, 0.1) is 11.8 Å². The molecule has 5 heteroatoms. The van der Waals surface area contributed by atoms with E-state index < -0.39 is 8.32 Å². The average molecular weight is 337 g/mol. The Kier molecular flexibility index (Phi) is 4.23. The molecule has 1 N–H and O–H groups in total. The minimum atomic E-state index is -1.74. The molecule has 1 aromatic carbocycles. The molecule has 0 unspecified atom stereocenters. The van der Waals surface area contributed by atoms with E-state index >= 15 is 0 Å². The van der Waals surface area contributed by atoms with E-state index in [-0.39, 0.29) is 11.6 Å². The molecule has 1 saturated carbocycles. The number of aliphatic hydroxyl groups excluding tert-OH is 1. The van der Waals surface area contributed by atoms with Crippen LogP contribution in [0.5, 0.6) is 11.5 Å². The lowest BCUT2D eigenvalue weighted by Gasteiger charge is -2.36. The molecular weight excluding hydrogens is 308 g/mol. The van der Waals surface area contributed by atoms with Crippen molar-refractivity contribution in [1.82, 2.24) is 0 Å². The number of fused-ring (bicyclic) bond motifs is 1. The quantitative estimate of drug-likeness (QED) is 0.832. The van der Waals surface area contributed by atoms with Crippen molar-refractivity contribution in [3.05, 3.63) is 23.8 Å². The van der Waals surface area contributed by atoms with E-state index in [4.69, 9.17) is 13.9 Å². The number of hydrogen-bond acceptors (Lipinski definition) is 4. The van der Waals surface area contributed by atoms with Crippen molar-refractivity contribution in [2.24, 2.45) is 11.8 Å². The first-order chi connectivity index (χ1) is 10.7. The number of hydrogen-bond donors (Lipinski definition) is 1. The van der Waals surface area contributed by atoms with E-state index in [9.17, 15) is 5.11 Å².